The fourth-order valence-corrected chi connectivity index (χ4v) is 3.37. The number of aliphatic hydroxyl groups excluding tert-OH is 1. The van der Waals surface area contributed by atoms with Gasteiger partial charge in [0.05, 0.1) is 18.0 Å². The molecule has 0 radical (unpaired) electrons. The van der Waals surface area contributed by atoms with Gasteiger partial charge < -0.3 is 9.67 Å². The van der Waals surface area contributed by atoms with E-state index in [2.05, 4.69) is 53.1 Å². The van der Waals surface area contributed by atoms with Crippen molar-refractivity contribution >= 4 is 6.08 Å². The average Bonchev–Trinajstić information content (AvgIpc) is 3.12. The summed E-state index contributed by atoms with van der Waals surface area (Å²) in [7, 11) is 0. The van der Waals surface area contributed by atoms with Crippen LogP contribution in [0.25, 0.3) is 28.6 Å². The van der Waals surface area contributed by atoms with Crippen LogP contribution in [0.5, 0.6) is 0 Å². The molecule has 4 rings (SSSR count). The first-order valence-corrected chi connectivity index (χ1v) is 9.39. The van der Waals surface area contributed by atoms with Gasteiger partial charge in [-0.25, -0.2) is 4.98 Å². The summed E-state index contributed by atoms with van der Waals surface area (Å²) in [5.74, 6) is 0.829. The van der Waals surface area contributed by atoms with E-state index >= 15 is 0 Å². The van der Waals surface area contributed by atoms with Crippen LogP contribution in [0.1, 0.15) is 11.4 Å². The number of imidazole rings is 1. The monoisotopic (exact) mass is 366 g/mol. The third-order valence-corrected chi connectivity index (χ3v) is 4.65. The number of aliphatic hydroxyl groups is 1. The molecule has 4 aromatic rings. The van der Waals surface area contributed by atoms with E-state index in [1.165, 1.54) is 5.56 Å². The Kier molecular flexibility index (Phi) is 5.46. The van der Waals surface area contributed by atoms with Crippen molar-refractivity contribution in [3.05, 3.63) is 108 Å². The molecule has 0 saturated carbocycles. The van der Waals surface area contributed by atoms with Crippen LogP contribution in [-0.2, 0) is 6.54 Å². The van der Waals surface area contributed by atoms with E-state index in [1.54, 1.807) is 6.08 Å². The van der Waals surface area contributed by atoms with Gasteiger partial charge in [-0.15, -0.1) is 0 Å². The standard InChI is InChI=1S/C25H22N2O/c28-18-10-17-23-26-24(21-13-6-2-7-14-21)25(22-15-8-3-9-16-22)27(23)19-20-11-4-1-5-12-20/h1-17,28H,18-19H2. The van der Waals surface area contributed by atoms with Crippen molar-refractivity contribution in [3.8, 4) is 22.5 Å². The maximum atomic E-state index is 9.29. The second-order valence-corrected chi connectivity index (χ2v) is 6.56. The Bertz CT molecular complexity index is 1050. The Balaban J connectivity index is 1.95. The molecule has 0 aliphatic rings. The van der Waals surface area contributed by atoms with Crippen molar-refractivity contribution in [3.63, 3.8) is 0 Å². The highest BCUT2D eigenvalue weighted by atomic mass is 16.2. The normalized spacial score (nSPS) is 11.2. The van der Waals surface area contributed by atoms with Gasteiger partial charge >= 0.3 is 0 Å². The molecule has 138 valence electrons. The van der Waals surface area contributed by atoms with Crippen molar-refractivity contribution < 1.29 is 5.11 Å². The van der Waals surface area contributed by atoms with E-state index in [0.29, 0.717) is 6.54 Å². The molecule has 0 aliphatic heterocycles. The quantitative estimate of drug-likeness (QED) is 0.505. The van der Waals surface area contributed by atoms with E-state index in [-0.39, 0.29) is 6.61 Å². The number of nitrogens with zero attached hydrogens (tertiary/aromatic N) is 2. The van der Waals surface area contributed by atoms with Crippen LogP contribution in [-0.4, -0.2) is 21.3 Å². The van der Waals surface area contributed by atoms with E-state index in [9.17, 15) is 5.11 Å². The number of hydrogen-bond donors (Lipinski definition) is 1. The van der Waals surface area contributed by atoms with Gasteiger partial charge in [-0.2, -0.15) is 0 Å². The molecule has 0 spiro atoms. The molecule has 0 fully saturated rings. The van der Waals surface area contributed by atoms with Crippen molar-refractivity contribution in [2.75, 3.05) is 6.61 Å². The number of benzene rings is 3. The topological polar surface area (TPSA) is 38.1 Å². The van der Waals surface area contributed by atoms with Crippen molar-refractivity contribution in [1.82, 2.24) is 9.55 Å². The third kappa shape index (κ3) is 3.80. The minimum Gasteiger partial charge on any atom is -0.392 e. The second-order valence-electron chi connectivity index (χ2n) is 6.56. The van der Waals surface area contributed by atoms with Gasteiger partial charge in [-0.05, 0) is 11.6 Å². The fraction of sp³-hybridized carbons (Fsp3) is 0.0800. The van der Waals surface area contributed by atoms with Crippen LogP contribution in [0.15, 0.2) is 97.1 Å². The molecule has 0 atom stereocenters. The fourth-order valence-electron chi connectivity index (χ4n) is 3.37. The summed E-state index contributed by atoms with van der Waals surface area (Å²) in [6.07, 6.45) is 3.62. The molecule has 0 amide bonds. The molecular weight excluding hydrogens is 344 g/mol. The summed E-state index contributed by atoms with van der Waals surface area (Å²) in [5, 5.41) is 9.29. The molecule has 1 aromatic heterocycles. The Morgan fingerprint density at radius 3 is 1.93 bits per heavy atom. The molecule has 0 unspecified atom stereocenters. The van der Waals surface area contributed by atoms with Crippen molar-refractivity contribution in [1.29, 1.82) is 0 Å². The molecule has 0 aliphatic carbocycles. The summed E-state index contributed by atoms with van der Waals surface area (Å²) in [5.41, 5.74) is 5.42. The second kappa shape index (κ2) is 8.51. The molecule has 28 heavy (non-hydrogen) atoms. The van der Waals surface area contributed by atoms with E-state index in [0.717, 1.165) is 28.3 Å². The first-order valence-electron chi connectivity index (χ1n) is 9.39. The highest BCUT2D eigenvalue weighted by Crippen LogP contribution is 2.33. The molecular formula is C25H22N2O. The molecule has 3 nitrogen and oxygen atoms in total. The van der Waals surface area contributed by atoms with Crippen LogP contribution in [0.2, 0.25) is 0 Å². The summed E-state index contributed by atoms with van der Waals surface area (Å²) in [6.45, 7) is 0.690. The maximum absolute atomic E-state index is 9.29. The van der Waals surface area contributed by atoms with Crippen LogP contribution >= 0.6 is 0 Å². The maximum Gasteiger partial charge on any atom is 0.133 e. The van der Waals surface area contributed by atoms with Crippen LogP contribution in [0.3, 0.4) is 0 Å². The number of rotatable bonds is 6. The molecule has 1 heterocycles. The molecule has 3 heteroatoms. The number of hydrogen-bond acceptors (Lipinski definition) is 2. The lowest BCUT2D eigenvalue weighted by atomic mass is 10.0. The Labute approximate surface area is 165 Å². The zero-order valence-corrected chi connectivity index (χ0v) is 15.6. The van der Waals surface area contributed by atoms with Crippen LogP contribution in [0.4, 0.5) is 0 Å². The van der Waals surface area contributed by atoms with Crippen molar-refractivity contribution in [2.24, 2.45) is 0 Å². The largest absolute Gasteiger partial charge is 0.392 e. The minimum atomic E-state index is -0.0143. The predicted molar refractivity (Wildman–Crippen MR) is 115 cm³/mol. The average molecular weight is 366 g/mol. The molecule has 0 saturated heterocycles. The molecule has 0 bridgehead atoms. The van der Waals surface area contributed by atoms with E-state index in [4.69, 9.17) is 4.98 Å². The van der Waals surface area contributed by atoms with Gasteiger partial charge in [0, 0.05) is 17.7 Å². The van der Waals surface area contributed by atoms with E-state index in [1.807, 2.05) is 48.5 Å². The molecule has 1 N–H and O–H groups in total. The first-order chi connectivity index (χ1) is 13.9. The minimum absolute atomic E-state index is 0.0143. The lowest BCUT2D eigenvalue weighted by molar-refractivity contribution is 0.343. The SMILES string of the molecule is OCC=Cc1nc(-c2ccccc2)c(-c2ccccc2)n1Cc1ccccc1. The van der Waals surface area contributed by atoms with Gasteiger partial charge in [0.2, 0.25) is 0 Å². The Morgan fingerprint density at radius 1 is 0.750 bits per heavy atom. The van der Waals surface area contributed by atoms with E-state index < -0.39 is 0 Å². The van der Waals surface area contributed by atoms with Crippen LogP contribution in [0, 0.1) is 0 Å². The summed E-state index contributed by atoms with van der Waals surface area (Å²) < 4.78 is 2.22. The van der Waals surface area contributed by atoms with Crippen molar-refractivity contribution in [2.45, 2.75) is 6.54 Å². The highest BCUT2D eigenvalue weighted by Gasteiger charge is 2.19. The Hall–Kier alpha value is -3.43. The highest BCUT2D eigenvalue weighted by molar-refractivity contribution is 5.80. The smallest absolute Gasteiger partial charge is 0.133 e. The van der Waals surface area contributed by atoms with Gasteiger partial charge in [-0.3, -0.25) is 0 Å². The Morgan fingerprint density at radius 2 is 1.32 bits per heavy atom. The van der Waals surface area contributed by atoms with Gasteiger partial charge in [0.1, 0.15) is 5.82 Å². The van der Waals surface area contributed by atoms with Gasteiger partial charge in [0.15, 0.2) is 0 Å². The zero-order chi connectivity index (χ0) is 19.2. The summed E-state index contributed by atoms with van der Waals surface area (Å²) in [6, 6.07) is 31.0. The van der Waals surface area contributed by atoms with Crippen LogP contribution < -0.4 is 0 Å². The van der Waals surface area contributed by atoms with Gasteiger partial charge in [-0.1, -0.05) is 97.1 Å². The predicted octanol–water partition coefficient (Wildman–Crippen LogP) is 5.27. The lowest BCUT2D eigenvalue weighted by Crippen LogP contribution is -2.04. The third-order valence-electron chi connectivity index (χ3n) is 4.65. The summed E-state index contributed by atoms with van der Waals surface area (Å²) in [4.78, 5) is 4.96. The zero-order valence-electron chi connectivity index (χ0n) is 15.6. The first kappa shape index (κ1) is 18.0. The number of aromatic nitrogens is 2. The lowest BCUT2D eigenvalue weighted by Gasteiger charge is -2.12. The summed E-state index contributed by atoms with van der Waals surface area (Å²) >= 11 is 0. The molecule has 3 aromatic carbocycles. The van der Waals surface area contributed by atoms with Gasteiger partial charge in [0.25, 0.3) is 0 Å².